The lowest BCUT2D eigenvalue weighted by Crippen LogP contribution is -2.37. The quantitative estimate of drug-likeness (QED) is 0.514. The fourth-order valence-corrected chi connectivity index (χ4v) is 4.39. The summed E-state index contributed by atoms with van der Waals surface area (Å²) >= 11 is 0. The lowest BCUT2D eigenvalue weighted by molar-refractivity contribution is -0.131. The van der Waals surface area contributed by atoms with Gasteiger partial charge >= 0.3 is 5.63 Å². The summed E-state index contributed by atoms with van der Waals surface area (Å²) in [4.78, 5) is 34.9. The normalized spacial score (nSPS) is 13.9. The SMILES string of the molecule is Cc1oc2c(C)c3oc(=O)c(CC(=O)N4CCc5nc[nH]c5C4)c(C)c3cc2c1C. The molecular weight excluding hydrogens is 382 g/mol. The lowest BCUT2D eigenvalue weighted by atomic mass is 9.98. The molecule has 1 aliphatic heterocycles. The number of aromatic nitrogens is 2. The van der Waals surface area contributed by atoms with Gasteiger partial charge in [-0.05, 0) is 44.9 Å². The van der Waals surface area contributed by atoms with Crippen LogP contribution in [0.3, 0.4) is 0 Å². The van der Waals surface area contributed by atoms with Crippen molar-refractivity contribution in [3.8, 4) is 0 Å². The van der Waals surface area contributed by atoms with Crippen molar-refractivity contribution in [2.24, 2.45) is 0 Å². The number of hydrogen-bond donors (Lipinski definition) is 1. The maximum atomic E-state index is 13.0. The number of rotatable bonds is 2. The van der Waals surface area contributed by atoms with Crippen LogP contribution in [0.1, 0.15) is 39.4 Å². The van der Waals surface area contributed by atoms with E-state index in [1.54, 1.807) is 11.2 Å². The monoisotopic (exact) mass is 405 g/mol. The molecule has 154 valence electrons. The van der Waals surface area contributed by atoms with Gasteiger partial charge in [0.2, 0.25) is 5.91 Å². The summed E-state index contributed by atoms with van der Waals surface area (Å²) in [7, 11) is 0. The Kier molecular flexibility index (Phi) is 4.10. The van der Waals surface area contributed by atoms with Gasteiger partial charge in [0.25, 0.3) is 0 Å². The Morgan fingerprint density at radius 1 is 1.10 bits per heavy atom. The molecule has 0 atom stereocenters. The first-order valence-electron chi connectivity index (χ1n) is 10.1. The van der Waals surface area contributed by atoms with Crippen LogP contribution in [0.2, 0.25) is 0 Å². The summed E-state index contributed by atoms with van der Waals surface area (Å²) in [5.74, 6) is 0.764. The molecule has 1 amide bonds. The van der Waals surface area contributed by atoms with E-state index in [4.69, 9.17) is 8.83 Å². The largest absolute Gasteiger partial charge is 0.461 e. The van der Waals surface area contributed by atoms with Crippen LogP contribution in [0, 0.1) is 27.7 Å². The molecule has 0 unspecified atom stereocenters. The zero-order valence-corrected chi connectivity index (χ0v) is 17.5. The molecule has 0 saturated carbocycles. The molecule has 5 rings (SSSR count). The molecule has 4 heterocycles. The van der Waals surface area contributed by atoms with E-state index in [1.165, 1.54) is 0 Å². The van der Waals surface area contributed by atoms with Crippen molar-refractivity contribution in [3.05, 3.63) is 62.2 Å². The van der Waals surface area contributed by atoms with Crippen molar-refractivity contribution in [2.45, 2.75) is 47.1 Å². The highest BCUT2D eigenvalue weighted by Crippen LogP contribution is 2.34. The van der Waals surface area contributed by atoms with Crippen LogP contribution < -0.4 is 5.63 Å². The summed E-state index contributed by atoms with van der Waals surface area (Å²) in [5, 5.41) is 1.86. The van der Waals surface area contributed by atoms with Crippen LogP contribution in [-0.4, -0.2) is 27.3 Å². The molecule has 1 N–H and O–H groups in total. The lowest BCUT2D eigenvalue weighted by Gasteiger charge is -2.26. The van der Waals surface area contributed by atoms with Crippen LogP contribution in [-0.2, 0) is 24.2 Å². The smallest absolute Gasteiger partial charge is 0.340 e. The maximum absolute atomic E-state index is 13.0. The van der Waals surface area contributed by atoms with Crippen LogP contribution in [0.25, 0.3) is 21.9 Å². The number of nitrogens with zero attached hydrogens (tertiary/aromatic N) is 2. The number of imidazole rings is 1. The van der Waals surface area contributed by atoms with E-state index in [-0.39, 0.29) is 12.3 Å². The average Bonchev–Trinajstić information content (AvgIpc) is 3.31. The van der Waals surface area contributed by atoms with Crippen molar-refractivity contribution in [2.75, 3.05) is 6.54 Å². The van der Waals surface area contributed by atoms with E-state index >= 15 is 0 Å². The Hall–Kier alpha value is -3.35. The van der Waals surface area contributed by atoms with Crippen LogP contribution in [0.5, 0.6) is 0 Å². The van der Waals surface area contributed by atoms with E-state index in [2.05, 4.69) is 9.97 Å². The molecule has 0 saturated heterocycles. The molecule has 0 spiro atoms. The minimum atomic E-state index is -0.463. The Morgan fingerprint density at radius 3 is 2.63 bits per heavy atom. The van der Waals surface area contributed by atoms with E-state index in [9.17, 15) is 9.59 Å². The fourth-order valence-electron chi connectivity index (χ4n) is 4.39. The molecule has 0 bridgehead atoms. The van der Waals surface area contributed by atoms with Gasteiger partial charge in [-0.2, -0.15) is 0 Å². The Bertz CT molecular complexity index is 1390. The summed E-state index contributed by atoms with van der Waals surface area (Å²) < 4.78 is 11.6. The number of hydrogen-bond acceptors (Lipinski definition) is 5. The summed E-state index contributed by atoms with van der Waals surface area (Å²) in [6.07, 6.45) is 2.39. The van der Waals surface area contributed by atoms with E-state index in [0.717, 1.165) is 50.2 Å². The van der Waals surface area contributed by atoms with Gasteiger partial charge in [0.1, 0.15) is 16.9 Å². The molecule has 0 fully saturated rings. The number of amides is 1. The zero-order chi connectivity index (χ0) is 21.2. The van der Waals surface area contributed by atoms with Crippen molar-refractivity contribution < 1.29 is 13.6 Å². The van der Waals surface area contributed by atoms with Gasteiger partial charge < -0.3 is 18.7 Å². The topological polar surface area (TPSA) is 92.3 Å². The molecule has 3 aromatic heterocycles. The number of aryl methyl sites for hydroxylation is 4. The minimum absolute atomic E-state index is 0.0219. The second kappa shape index (κ2) is 6.58. The highest BCUT2D eigenvalue weighted by molar-refractivity contribution is 6.00. The number of carbonyl (C=O) groups excluding carboxylic acids is 1. The number of nitrogens with one attached hydrogen (secondary N) is 1. The first-order valence-corrected chi connectivity index (χ1v) is 10.1. The van der Waals surface area contributed by atoms with Gasteiger partial charge in [-0.1, -0.05) is 0 Å². The summed E-state index contributed by atoms with van der Waals surface area (Å²) in [6, 6.07) is 2.01. The highest BCUT2D eigenvalue weighted by Gasteiger charge is 2.25. The summed E-state index contributed by atoms with van der Waals surface area (Å²) in [6.45, 7) is 8.82. The van der Waals surface area contributed by atoms with E-state index < -0.39 is 5.63 Å². The Morgan fingerprint density at radius 2 is 1.83 bits per heavy atom. The van der Waals surface area contributed by atoms with Gasteiger partial charge in [-0.3, -0.25) is 4.79 Å². The second-order valence-corrected chi connectivity index (χ2v) is 8.10. The summed E-state index contributed by atoms with van der Waals surface area (Å²) in [5.41, 5.74) is 5.85. The third kappa shape index (κ3) is 2.69. The van der Waals surface area contributed by atoms with E-state index in [1.807, 2.05) is 33.8 Å². The third-order valence-corrected chi connectivity index (χ3v) is 6.40. The Labute approximate surface area is 172 Å². The molecule has 7 heteroatoms. The molecule has 0 aliphatic carbocycles. The highest BCUT2D eigenvalue weighted by atomic mass is 16.4. The van der Waals surface area contributed by atoms with Crippen molar-refractivity contribution in [3.63, 3.8) is 0 Å². The molecular formula is C23H23N3O4. The number of benzene rings is 1. The van der Waals surface area contributed by atoms with Gasteiger partial charge in [-0.15, -0.1) is 0 Å². The van der Waals surface area contributed by atoms with Gasteiger partial charge in [0.05, 0.1) is 36.2 Å². The van der Waals surface area contributed by atoms with Crippen molar-refractivity contribution in [1.82, 2.24) is 14.9 Å². The van der Waals surface area contributed by atoms with Gasteiger partial charge in [0, 0.05) is 29.3 Å². The van der Waals surface area contributed by atoms with E-state index in [0.29, 0.717) is 30.7 Å². The number of aromatic amines is 1. The first-order chi connectivity index (χ1) is 14.3. The first kappa shape index (κ1) is 18.7. The van der Waals surface area contributed by atoms with Crippen LogP contribution >= 0.6 is 0 Å². The van der Waals surface area contributed by atoms with Crippen LogP contribution in [0.15, 0.2) is 26.0 Å². The number of furan rings is 1. The number of fused-ring (bicyclic) bond motifs is 3. The second-order valence-electron chi connectivity index (χ2n) is 8.10. The number of H-pyrrole nitrogens is 1. The zero-order valence-electron chi connectivity index (χ0n) is 17.5. The third-order valence-electron chi connectivity index (χ3n) is 6.40. The molecule has 1 aromatic carbocycles. The van der Waals surface area contributed by atoms with Crippen molar-refractivity contribution >= 4 is 27.8 Å². The van der Waals surface area contributed by atoms with Crippen LogP contribution in [0.4, 0.5) is 0 Å². The molecule has 7 nitrogen and oxygen atoms in total. The maximum Gasteiger partial charge on any atom is 0.340 e. The molecule has 0 radical (unpaired) electrons. The Balaban J connectivity index is 1.56. The number of carbonyl (C=O) groups is 1. The minimum Gasteiger partial charge on any atom is -0.461 e. The predicted octanol–water partition coefficient (Wildman–Crippen LogP) is 3.62. The average molecular weight is 405 g/mol. The molecule has 30 heavy (non-hydrogen) atoms. The molecule has 1 aliphatic rings. The van der Waals surface area contributed by atoms with Gasteiger partial charge in [0.15, 0.2) is 0 Å². The van der Waals surface area contributed by atoms with Gasteiger partial charge in [-0.25, -0.2) is 9.78 Å². The standard InChI is InChI=1S/C23H23N3O4/c1-11-14(4)29-21-13(3)22-16(7-15(11)21)12(2)17(23(28)30-22)8-20(27)26-6-5-18-19(9-26)25-10-24-18/h7,10H,5-6,8-9H2,1-4H3,(H,24,25). The predicted molar refractivity (Wildman–Crippen MR) is 113 cm³/mol. The van der Waals surface area contributed by atoms with Crippen molar-refractivity contribution in [1.29, 1.82) is 0 Å². The fraction of sp³-hybridized carbons (Fsp3) is 0.348. The molecule has 4 aromatic rings.